The third kappa shape index (κ3) is 2.05. The molecule has 1 amide bonds. The van der Waals surface area contributed by atoms with Gasteiger partial charge in [-0.2, -0.15) is 5.26 Å². The zero-order valence-electron chi connectivity index (χ0n) is 8.76. The van der Waals surface area contributed by atoms with Crippen LogP contribution in [0.15, 0.2) is 0 Å². The Bertz CT molecular complexity index is 249. The summed E-state index contributed by atoms with van der Waals surface area (Å²) in [5, 5.41) is 14.7. The Hall–Kier alpha value is -1.08. The molecule has 4 heteroatoms. The number of hydrogen-bond acceptors (Lipinski definition) is 3. The highest BCUT2D eigenvalue weighted by atomic mass is 16.1. The van der Waals surface area contributed by atoms with Crippen LogP contribution >= 0.6 is 0 Å². The number of rotatable bonds is 2. The van der Waals surface area contributed by atoms with Gasteiger partial charge < -0.3 is 10.6 Å². The van der Waals surface area contributed by atoms with Crippen molar-refractivity contribution in [3.05, 3.63) is 0 Å². The number of nitrogens with zero attached hydrogens (tertiary/aromatic N) is 1. The minimum absolute atomic E-state index is 0.0924. The van der Waals surface area contributed by atoms with Crippen molar-refractivity contribution in [2.45, 2.75) is 31.2 Å². The van der Waals surface area contributed by atoms with Crippen LogP contribution in [0.25, 0.3) is 0 Å². The molecule has 0 aromatic rings. The van der Waals surface area contributed by atoms with Crippen molar-refractivity contribution >= 4 is 5.91 Å². The maximum Gasteiger partial charge on any atom is 0.222 e. The van der Waals surface area contributed by atoms with Crippen LogP contribution in [0, 0.1) is 17.2 Å². The fourth-order valence-corrected chi connectivity index (χ4v) is 1.99. The summed E-state index contributed by atoms with van der Waals surface area (Å²) < 4.78 is 0. The van der Waals surface area contributed by atoms with E-state index in [9.17, 15) is 4.79 Å². The van der Waals surface area contributed by atoms with Crippen molar-refractivity contribution in [2.24, 2.45) is 5.92 Å². The van der Waals surface area contributed by atoms with E-state index in [0.29, 0.717) is 0 Å². The SMILES string of the molecule is CNC(=O)C1CCC(C#N)(NC)CC1. The normalized spacial score (nSPS) is 31.9. The maximum absolute atomic E-state index is 11.3. The van der Waals surface area contributed by atoms with Crippen LogP contribution in [0.5, 0.6) is 0 Å². The predicted molar refractivity (Wildman–Crippen MR) is 53.4 cm³/mol. The third-order valence-electron chi connectivity index (χ3n) is 3.15. The monoisotopic (exact) mass is 195 g/mol. The summed E-state index contributed by atoms with van der Waals surface area (Å²) in [6, 6.07) is 2.30. The molecule has 14 heavy (non-hydrogen) atoms. The van der Waals surface area contributed by atoms with Gasteiger partial charge in [0.25, 0.3) is 0 Å². The fourth-order valence-electron chi connectivity index (χ4n) is 1.99. The zero-order chi connectivity index (χ0) is 10.6. The number of hydrogen-bond donors (Lipinski definition) is 2. The molecule has 1 fully saturated rings. The average Bonchev–Trinajstić information content (AvgIpc) is 2.28. The zero-order valence-corrected chi connectivity index (χ0v) is 8.76. The second kappa shape index (κ2) is 4.43. The van der Waals surface area contributed by atoms with E-state index in [2.05, 4.69) is 16.7 Å². The second-order valence-electron chi connectivity index (χ2n) is 3.83. The molecule has 0 saturated heterocycles. The first kappa shape index (κ1) is 11.0. The van der Waals surface area contributed by atoms with E-state index < -0.39 is 5.54 Å². The Morgan fingerprint density at radius 1 is 1.43 bits per heavy atom. The number of carbonyl (C=O) groups excluding carboxylic acids is 1. The van der Waals surface area contributed by atoms with Crippen molar-refractivity contribution in [1.29, 1.82) is 5.26 Å². The molecule has 0 heterocycles. The summed E-state index contributed by atoms with van der Waals surface area (Å²) in [6.45, 7) is 0. The van der Waals surface area contributed by atoms with Gasteiger partial charge in [0, 0.05) is 13.0 Å². The first-order chi connectivity index (χ1) is 6.67. The van der Waals surface area contributed by atoms with Crippen molar-refractivity contribution in [1.82, 2.24) is 10.6 Å². The minimum Gasteiger partial charge on any atom is -0.359 e. The molecular formula is C10H17N3O. The molecule has 1 rings (SSSR count). The summed E-state index contributed by atoms with van der Waals surface area (Å²) in [6.07, 6.45) is 3.12. The molecule has 1 saturated carbocycles. The third-order valence-corrected chi connectivity index (χ3v) is 3.15. The van der Waals surface area contributed by atoms with Crippen LogP contribution in [0.3, 0.4) is 0 Å². The van der Waals surface area contributed by atoms with Crippen LogP contribution in [0.4, 0.5) is 0 Å². The van der Waals surface area contributed by atoms with E-state index in [4.69, 9.17) is 5.26 Å². The fraction of sp³-hybridized carbons (Fsp3) is 0.800. The molecule has 4 nitrogen and oxygen atoms in total. The first-order valence-electron chi connectivity index (χ1n) is 4.99. The second-order valence-corrected chi connectivity index (χ2v) is 3.83. The lowest BCUT2D eigenvalue weighted by molar-refractivity contribution is -0.125. The summed E-state index contributed by atoms with van der Waals surface area (Å²) >= 11 is 0. The standard InChI is InChI=1S/C10H17N3O/c1-12-9(14)8-3-5-10(7-11,13-2)6-4-8/h8,13H,3-6H2,1-2H3,(H,12,14). The Balaban J connectivity index is 2.54. The molecule has 0 bridgehead atoms. The summed E-state index contributed by atoms with van der Waals surface area (Å²) in [5.74, 6) is 0.197. The summed E-state index contributed by atoms with van der Waals surface area (Å²) in [4.78, 5) is 11.3. The molecule has 0 radical (unpaired) electrons. The van der Waals surface area contributed by atoms with E-state index in [1.54, 1.807) is 7.05 Å². The molecule has 0 aromatic heterocycles. The molecule has 0 aromatic carbocycles. The van der Waals surface area contributed by atoms with Crippen molar-refractivity contribution < 1.29 is 4.79 Å². The Morgan fingerprint density at radius 3 is 2.36 bits per heavy atom. The predicted octanol–water partition coefficient (Wildman–Crippen LogP) is 0.404. The highest BCUT2D eigenvalue weighted by Gasteiger charge is 2.35. The summed E-state index contributed by atoms with van der Waals surface area (Å²) in [5.41, 5.74) is -0.398. The maximum atomic E-state index is 11.3. The average molecular weight is 195 g/mol. The molecule has 0 atom stereocenters. The van der Waals surface area contributed by atoms with Crippen molar-refractivity contribution in [3.63, 3.8) is 0 Å². The number of amides is 1. The van der Waals surface area contributed by atoms with E-state index in [1.165, 1.54) is 0 Å². The Kier molecular flexibility index (Phi) is 3.48. The van der Waals surface area contributed by atoms with E-state index in [0.717, 1.165) is 25.7 Å². The van der Waals surface area contributed by atoms with Gasteiger partial charge in [-0.25, -0.2) is 0 Å². The van der Waals surface area contributed by atoms with Gasteiger partial charge in [0.15, 0.2) is 0 Å². The largest absolute Gasteiger partial charge is 0.359 e. The lowest BCUT2D eigenvalue weighted by atomic mass is 9.77. The highest BCUT2D eigenvalue weighted by molar-refractivity contribution is 5.78. The molecular weight excluding hydrogens is 178 g/mol. The molecule has 1 aliphatic rings. The summed E-state index contributed by atoms with van der Waals surface area (Å²) in [7, 11) is 3.47. The molecule has 2 N–H and O–H groups in total. The van der Waals surface area contributed by atoms with Crippen molar-refractivity contribution in [2.75, 3.05) is 14.1 Å². The number of nitrogens with one attached hydrogen (secondary N) is 2. The van der Waals surface area contributed by atoms with E-state index in [-0.39, 0.29) is 11.8 Å². The van der Waals surface area contributed by atoms with Crippen LogP contribution in [-0.4, -0.2) is 25.5 Å². The van der Waals surface area contributed by atoms with Gasteiger partial charge in [0.05, 0.1) is 6.07 Å². The topological polar surface area (TPSA) is 64.9 Å². The first-order valence-corrected chi connectivity index (χ1v) is 4.99. The Labute approximate surface area is 84.7 Å². The Morgan fingerprint density at radius 2 is 2.00 bits per heavy atom. The van der Waals surface area contributed by atoms with Gasteiger partial charge in [-0.3, -0.25) is 4.79 Å². The smallest absolute Gasteiger partial charge is 0.222 e. The van der Waals surface area contributed by atoms with Gasteiger partial charge in [0.1, 0.15) is 5.54 Å². The molecule has 1 aliphatic carbocycles. The number of nitriles is 1. The minimum atomic E-state index is -0.398. The lowest BCUT2D eigenvalue weighted by Crippen LogP contribution is -2.46. The van der Waals surface area contributed by atoms with E-state index in [1.807, 2.05) is 7.05 Å². The van der Waals surface area contributed by atoms with Gasteiger partial charge in [-0.05, 0) is 32.7 Å². The van der Waals surface area contributed by atoms with Crippen molar-refractivity contribution in [3.8, 4) is 6.07 Å². The van der Waals surface area contributed by atoms with Gasteiger partial charge >= 0.3 is 0 Å². The lowest BCUT2D eigenvalue weighted by Gasteiger charge is -2.33. The van der Waals surface area contributed by atoms with Gasteiger partial charge in [0.2, 0.25) is 5.91 Å². The van der Waals surface area contributed by atoms with Crippen LogP contribution < -0.4 is 10.6 Å². The highest BCUT2D eigenvalue weighted by Crippen LogP contribution is 2.31. The molecule has 0 unspecified atom stereocenters. The van der Waals surface area contributed by atoms with Gasteiger partial charge in [-0.15, -0.1) is 0 Å². The molecule has 78 valence electrons. The van der Waals surface area contributed by atoms with Crippen LogP contribution in [0.1, 0.15) is 25.7 Å². The van der Waals surface area contributed by atoms with Crippen LogP contribution in [0.2, 0.25) is 0 Å². The molecule has 0 spiro atoms. The quantitative estimate of drug-likeness (QED) is 0.670. The number of carbonyl (C=O) groups is 1. The van der Waals surface area contributed by atoms with Crippen LogP contribution in [-0.2, 0) is 4.79 Å². The molecule has 0 aliphatic heterocycles. The van der Waals surface area contributed by atoms with Gasteiger partial charge in [-0.1, -0.05) is 0 Å². The van der Waals surface area contributed by atoms with E-state index >= 15 is 0 Å².